The molecule has 4 fully saturated rings. The van der Waals surface area contributed by atoms with E-state index in [1.807, 2.05) is 36.4 Å². The Labute approximate surface area is 310 Å². The summed E-state index contributed by atoms with van der Waals surface area (Å²) in [6.07, 6.45) is 10.1. The van der Waals surface area contributed by atoms with Crippen molar-refractivity contribution >= 4 is 34.4 Å². The summed E-state index contributed by atoms with van der Waals surface area (Å²) in [4.78, 5) is 57.3. The summed E-state index contributed by atoms with van der Waals surface area (Å²) in [7, 11) is 0. The second-order valence-electron chi connectivity index (χ2n) is 16.8. The molecule has 13 heteroatoms. The summed E-state index contributed by atoms with van der Waals surface area (Å²) in [5, 5.41) is 38.5. The van der Waals surface area contributed by atoms with Crippen molar-refractivity contribution in [1.82, 2.24) is 30.5 Å². The van der Waals surface area contributed by atoms with E-state index in [9.17, 15) is 29.4 Å². The lowest BCUT2D eigenvalue weighted by atomic mass is 9.71. The molecule has 2 aromatic carbocycles. The van der Waals surface area contributed by atoms with Crippen LogP contribution in [-0.2, 0) is 20.0 Å². The van der Waals surface area contributed by atoms with Crippen LogP contribution in [0, 0.1) is 11.3 Å². The fourth-order valence-electron chi connectivity index (χ4n) is 9.16. The smallest absolute Gasteiger partial charge is 0.251 e. The number of nitrogens with zero attached hydrogens (tertiary/aromatic N) is 4. The van der Waals surface area contributed by atoms with Gasteiger partial charge in [-0.1, -0.05) is 67.6 Å². The molecule has 4 amide bonds. The Hall–Kier alpha value is -4.36. The molecule has 4 atom stereocenters. The van der Waals surface area contributed by atoms with Crippen molar-refractivity contribution in [3.05, 3.63) is 59.9 Å². The monoisotopic (exact) mass is 727 g/mol. The van der Waals surface area contributed by atoms with Crippen LogP contribution in [0.5, 0.6) is 0 Å². The quantitative estimate of drug-likeness (QED) is 0.198. The van der Waals surface area contributed by atoms with Gasteiger partial charge in [0, 0.05) is 18.5 Å². The minimum absolute atomic E-state index is 0.0743. The number of aromatic nitrogens is 3. The molecule has 3 saturated carbocycles. The molecule has 0 radical (unpaired) electrons. The molecule has 1 spiro atoms. The minimum atomic E-state index is -1.60. The highest BCUT2D eigenvalue weighted by Crippen LogP contribution is 2.58. The number of fused-ring (bicyclic) bond motifs is 1. The Bertz CT molecular complexity index is 1850. The van der Waals surface area contributed by atoms with Gasteiger partial charge in [0.15, 0.2) is 6.10 Å². The highest BCUT2D eigenvalue weighted by molar-refractivity contribution is 6.01. The third-order valence-electron chi connectivity index (χ3n) is 12.6. The zero-order valence-electron chi connectivity index (χ0n) is 30.8. The normalized spacial score (nSPS) is 23.7. The van der Waals surface area contributed by atoms with Crippen LogP contribution in [0.1, 0.15) is 119 Å². The number of rotatable bonds is 11. The Morgan fingerprint density at radius 1 is 0.981 bits per heavy atom. The van der Waals surface area contributed by atoms with E-state index in [4.69, 9.17) is 5.73 Å². The van der Waals surface area contributed by atoms with E-state index in [0.29, 0.717) is 30.5 Å². The number of likely N-dealkylation sites (tertiary alicyclic amines) is 1. The number of amides is 4. The molecule has 3 aliphatic carbocycles. The number of aliphatic hydroxyl groups is 2. The van der Waals surface area contributed by atoms with E-state index in [1.165, 1.54) is 11.1 Å². The van der Waals surface area contributed by atoms with E-state index in [1.54, 1.807) is 24.6 Å². The van der Waals surface area contributed by atoms with Crippen molar-refractivity contribution in [2.24, 2.45) is 17.1 Å². The maximum Gasteiger partial charge on any atom is 0.251 e. The van der Waals surface area contributed by atoms with Gasteiger partial charge in [-0.3, -0.25) is 19.2 Å². The van der Waals surface area contributed by atoms with E-state index >= 15 is 0 Å². The van der Waals surface area contributed by atoms with Gasteiger partial charge in [0.2, 0.25) is 17.7 Å². The Morgan fingerprint density at radius 2 is 1.66 bits per heavy atom. The van der Waals surface area contributed by atoms with Crippen LogP contribution < -0.4 is 16.4 Å². The van der Waals surface area contributed by atoms with E-state index in [-0.39, 0.29) is 36.1 Å². The Balaban J connectivity index is 1.20. The van der Waals surface area contributed by atoms with Crippen molar-refractivity contribution in [1.29, 1.82) is 0 Å². The molecule has 3 aromatic rings. The topological polar surface area (TPSA) is 193 Å². The van der Waals surface area contributed by atoms with Gasteiger partial charge in [0.1, 0.15) is 17.7 Å². The van der Waals surface area contributed by atoms with Crippen molar-refractivity contribution in [2.45, 2.75) is 133 Å². The first kappa shape index (κ1) is 37.0. The summed E-state index contributed by atoms with van der Waals surface area (Å²) in [5.74, 6) is -1.95. The molecule has 13 nitrogen and oxygen atoms in total. The molecule has 1 aliphatic heterocycles. The van der Waals surface area contributed by atoms with Gasteiger partial charge in [-0.05, 0) is 93.0 Å². The summed E-state index contributed by atoms with van der Waals surface area (Å²) in [6.45, 7) is 3.32. The number of hydrogen-bond acceptors (Lipinski definition) is 8. The number of nitrogens with one attached hydrogen (secondary N) is 2. The molecule has 53 heavy (non-hydrogen) atoms. The highest BCUT2D eigenvalue weighted by atomic mass is 16.3. The van der Waals surface area contributed by atoms with Crippen molar-refractivity contribution in [2.75, 3.05) is 6.54 Å². The van der Waals surface area contributed by atoms with Crippen LogP contribution in [0.15, 0.2) is 48.7 Å². The number of benzene rings is 2. The maximum absolute atomic E-state index is 14.9. The van der Waals surface area contributed by atoms with Crippen molar-refractivity contribution < 1.29 is 29.4 Å². The van der Waals surface area contributed by atoms with Gasteiger partial charge < -0.3 is 31.5 Å². The molecule has 1 aromatic heterocycles. The number of carbonyl (C=O) groups excluding carboxylic acids is 4. The van der Waals surface area contributed by atoms with Crippen LogP contribution in [0.3, 0.4) is 0 Å². The predicted octanol–water partition coefficient (Wildman–Crippen LogP) is 3.63. The molecular weight excluding hydrogens is 674 g/mol. The van der Waals surface area contributed by atoms with E-state index in [0.717, 1.165) is 68.6 Å². The zero-order chi connectivity index (χ0) is 37.5. The average Bonchev–Trinajstić information content (AvgIpc) is 3.49. The fraction of sp³-hybridized carbons (Fsp3) is 0.600. The first-order valence-corrected chi connectivity index (χ1v) is 19.3. The fourth-order valence-corrected chi connectivity index (χ4v) is 9.16. The van der Waals surface area contributed by atoms with Crippen molar-refractivity contribution in [3.8, 4) is 0 Å². The second kappa shape index (κ2) is 14.5. The number of aliphatic hydroxyl groups excluding tert-OH is 1. The van der Waals surface area contributed by atoms with Gasteiger partial charge in [-0.15, -0.1) is 5.10 Å². The third-order valence-corrected chi connectivity index (χ3v) is 12.6. The molecule has 0 bridgehead atoms. The van der Waals surface area contributed by atoms with Crippen molar-refractivity contribution in [3.63, 3.8) is 0 Å². The summed E-state index contributed by atoms with van der Waals surface area (Å²) in [5.41, 5.74) is 4.15. The number of carbonyl (C=O) groups is 4. The molecule has 7 rings (SSSR count). The van der Waals surface area contributed by atoms with Gasteiger partial charge in [0.05, 0.1) is 23.5 Å². The SMILES string of the molecule is CC(C)(O)c1cnnn1[C@H]1C[C@@H](C(=O)NC2(C(O)C(N)=O)CCC3(CC3)CC2)N(C(=O)[C@@H](CC2CCCCC2)NC(=O)c2ccc3ccccc3c2)C1. The van der Waals surface area contributed by atoms with Gasteiger partial charge >= 0.3 is 0 Å². The summed E-state index contributed by atoms with van der Waals surface area (Å²) >= 11 is 0. The largest absolute Gasteiger partial charge is 0.384 e. The van der Waals surface area contributed by atoms with E-state index in [2.05, 4.69) is 20.9 Å². The molecule has 1 unspecified atom stereocenters. The van der Waals surface area contributed by atoms with Crippen LogP contribution in [0.4, 0.5) is 0 Å². The molecular formula is C40H53N7O6. The van der Waals surface area contributed by atoms with Crippen LogP contribution in [-0.4, -0.2) is 84.0 Å². The number of hydrogen-bond donors (Lipinski definition) is 5. The number of primary amides is 1. The molecule has 284 valence electrons. The molecule has 6 N–H and O–H groups in total. The Kier molecular flexibility index (Phi) is 10.1. The van der Waals surface area contributed by atoms with Gasteiger partial charge in [-0.25, -0.2) is 4.68 Å². The van der Waals surface area contributed by atoms with Gasteiger partial charge in [-0.2, -0.15) is 0 Å². The first-order valence-electron chi connectivity index (χ1n) is 19.3. The predicted molar refractivity (Wildman–Crippen MR) is 197 cm³/mol. The van der Waals surface area contributed by atoms with Crippen LogP contribution in [0.2, 0.25) is 0 Å². The zero-order valence-corrected chi connectivity index (χ0v) is 30.8. The molecule has 1 saturated heterocycles. The van der Waals surface area contributed by atoms with Gasteiger partial charge in [0.25, 0.3) is 5.91 Å². The summed E-state index contributed by atoms with van der Waals surface area (Å²) < 4.78 is 1.57. The molecule has 2 heterocycles. The third kappa shape index (κ3) is 7.68. The minimum Gasteiger partial charge on any atom is -0.384 e. The lowest BCUT2D eigenvalue weighted by Gasteiger charge is -2.44. The molecule has 4 aliphatic rings. The van der Waals surface area contributed by atoms with Crippen LogP contribution in [0.25, 0.3) is 10.8 Å². The average molecular weight is 728 g/mol. The lowest BCUT2D eigenvalue weighted by molar-refractivity contribution is -0.144. The van der Waals surface area contributed by atoms with Crippen LogP contribution >= 0.6 is 0 Å². The van der Waals surface area contributed by atoms with E-state index < -0.39 is 47.2 Å². The maximum atomic E-state index is 14.9. The standard InChI is InChI=1S/C40H53N7O6/c1-38(2,53)32-23-42-45-47(32)29-22-31(36(51)44-40(33(48)34(41)49)18-16-39(14-15-39)17-19-40)46(24-29)37(52)30(20-25-8-4-3-5-9-25)43-35(50)28-13-12-26-10-6-7-11-27(26)21-28/h6-7,10-13,21,23,25,29-31,33,48,53H,3-5,8-9,14-20,22,24H2,1-2H3,(H2,41,49)(H,43,50)(H,44,51)/t29-,30+,31-,33?/m0/s1. The highest BCUT2D eigenvalue weighted by Gasteiger charge is 2.55. The summed E-state index contributed by atoms with van der Waals surface area (Å²) in [6, 6.07) is 10.8. The second-order valence-corrected chi connectivity index (χ2v) is 16.8. The lowest BCUT2D eigenvalue weighted by Crippen LogP contribution is -2.65. The number of nitrogens with two attached hydrogens (primary N) is 1. The first-order chi connectivity index (χ1) is 25.3. The Morgan fingerprint density at radius 3 is 2.32 bits per heavy atom.